The Morgan fingerprint density at radius 1 is 1.28 bits per heavy atom. The number of fused-ring (bicyclic) bond motifs is 1. The third-order valence-corrected chi connectivity index (χ3v) is 5.62. The smallest absolute Gasteiger partial charge is 0.336 e. The molecule has 4 rings (SSSR count). The summed E-state index contributed by atoms with van der Waals surface area (Å²) in [7, 11) is 0. The third-order valence-electron chi connectivity index (χ3n) is 3.70. The molecule has 4 aromatic rings. The summed E-state index contributed by atoms with van der Waals surface area (Å²) in [6.07, 6.45) is 0. The molecule has 0 unspecified atom stereocenters. The largest absolute Gasteiger partial charge is 0.486 e. The van der Waals surface area contributed by atoms with Crippen molar-refractivity contribution in [2.75, 3.05) is 0 Å². The monoisotopic (exact) mass is 389 g/mol. The summed E-state index contributed by atoms with van der Waals surface area (Å²) in [5.74, 6) is 0.466. The molecule has 1 aromatic carbocycles. The SMILES string of the molecule is Cc1cc(=O)oc2cc(OCc3csc(-c4ccsc4)n3)c(Cl)cc12. The van der Waals surface area contributed by atoms with Crippen LogP contribution in [0.25, 0.3) is 21.5 Å². The fourth-order valence-electron chi connectivity index (χ4n) is 2.47. The predicted octanol–water partition coefficient (Wildman–Crippen LogP) is 5.52. The van der Waals surface area contributed by atoms with Gasteiger partial charge in [0, 0.05) is 33.8 Å². The molecule has 0 amide bonds. The van der Waals surface area contributed by atoms with Gasteiger partial charge in [-0.1, -0.05) is 11.6 Å². The molecule has 0 aliphatic heterocycles. The number of aromatic nitrogens is 1. The van der Waals surface area contributed by atoms with E-state index in [9.17, 15) is 4.79 Å². The van der Waals surface area contributed by atoms with Crippen LogP contribution in [0.5, 0.6) is 5.75 Å². The molecule has 0 aliphatic carbocycles. The van der Waals surface area contributed by atoms with E-state index in [-0.39, 0.29) is 0 Å². The van der Waals surface area contributed by atoms with Crippen molar-refractivity contribution < 1.29 is 9.15 Å². The molecule has 0 fully saturated rings. The zero-order valence-electron chi connectivity index (χ0n) is 13.1. The summed E-state index contributed by atoms with van der Waals surface area (Å²) in [6, 6.07) is 6.89. The van der Waals surface area contributed by atoms with Gasteiger partial charge >= 0.3 is 5.63 Å². The second-order valence-electron chi connectivity index (χ2n) is 5.47. The van der Waals surface area contributed by atoms with E-state index in [1.807, 2.05) is 23.8 Å². The molecule has 0 spiro atoms. The lowest BCUT2D eigenvalue weighted by atomic mass is 10.1. The second kappa shape index (κ2) is 6.63. The molecule has 0 radical (unpaired) electrons. The van der Waals surface area contributed by atoms with Crippen LogP contribution < -0.4 is 10.4 Å². The minimum absolute atomic E-state index is 0.294. The molecule has 7 heteroatoms. The van der Waals surface area contributed by atoms with Crippen LogP contribution in [0.2, 0.25) is 5.02 Å². The maximum atomic E-state index is 11.5. The highest BCUT2D eigenvalue weighted by molar-refractivity contribution is 7.14. The average molecular weight is 390 g/mol. The van der Waals surface area contributed by atoms with E-state index >= 15 is 0 Å². The van der Waals surface area contributed by atoms with E-state index in [0.29, 0.717) is 23.0 Å². The van der Waals surface area contributed by atoms with Crippen LogP contribution in [-0.4, -0.2) is 4.98 Å². The Bertz CT molecular complexity index is 1100. The first kappa shape index (κ1) is 16.3. The number of rotatable bonds is 4. The number of thiophene rings is 1. The van der Waals surface area contributed by atoms with Crippen LogP contribution in [0, 0.1) is 6.92 Å². The lowest BCUT2D eigenvalue weighted by molar-refractivity contribution is 0.302. The van der Waals surface area contributed by atoms with Crippen LogP contribution in [0.15, 0.2) is 49.6 Å². The molecule has 0 atom stereocenters. The highest BCUT2D eigenvalue weighted by Crippen LogP contribution is 2.32. The van der Waals surface area contributed by atoms with Crippen molar-refractivity contribution >= 4 is 45.2 Å². The number of hydrogen-bond acceptors (Lipinski definition) is 6. The average Bonchev–Trinajstić information content (AvgIpc) is 3.25. The normalized spacial score (nSPS) is 11.1. The fraction of sp³-hybridized carbons (Fsp3) is 0.111. The molecule has 0 bridgehead atoms. The number of aryl methyl sites for hydroxylation is 1. The van der Waals surface area contributed by atoms with Crippen molar-refractivity contribution in [1.82, 2.24) is 4.98 Å². The first-order valence-corrected chi connectivity index (χ1v) is 9.64. The predicted molar refractivity (Wildman–Crippen MR) is 102 cm³/mol. The Morgan fingerprint density at radius 2 is 2.16 bits per heavy atom. The Kier molecular flexibility index (Phi) is 4.33. The molecule has 126 valence electrons. The van der Waals surface area contributed by atoms with Crippen molar-refractivity contribution in [3.63, 3.8) is 0 Å². The number of nitrogens with zero attached hydrogens (tertiary/aromatic N) is 1. The first-order chi connectivity index (χ1) is 12.1. The van der Waals surface area contributed by atoms with Crippen LogP contribution in [0.3, 0.4) is 0 Å². The lowest BCUT2D eigenvalue weighted by Crippen LogP contribution is -2.00. The number of hydrogen-bond donors (Lipinski definition) is 0. The summed E-state index contributed by atoms with van der Waals surface area (Å²) in [6.45, 7) is 2.14. The maximum Gasteiger partial charge on any atom is 0.336 e. The number of ether oxygens (including phenoxy) is 1. The van der Waals surface area contributed by atoms with Crippen molar-refractivity contribution in [2.24, 2.45) is 0 Å². The van der Waals surface area contributed by atoms with Crippen molar-refractivity contribution in [3.05, 3.63) is 67.1 Å². The highest BCUT2D eigenvalue weighted by atomic mass is 35.5. The summed E-state index contributed by atoms with van der Waals surface area (Å²) in [5, 5.41) is 8.28. The van der Waals surface area contributed by atoms with Gasteiger partial charge in [0.25, 0.3) is 0 Å². The van der Waals surface area contributed by atoms with Gasteiger partial charge in [0.2, 0.25) is 0 Å². The second-order valence-corrected chi connectivity index (χ2v) is 7.52. The van der Waals surface area contributed by atoms with Gasteiger partial charge in [-0.15, -0.1) is 11.3 Å². The fourth-order valence-corrected chi connectivity index (χ4v) is 4.21. The molecular weight excluding hydrogens is 378 g/mol. The van der Waals surface area contributed by atoms with E-state index < -0.39 is 5.63 Å². The molecule has 0 N–H and O–H groups in total. The van der Waals surface area contributed by atoms with Crippen LogP contribution in [0.1, 0.15) is 11.3 Å². The third kappa shape index (κ3) is 3.33. The van der Waals surface area contributed by atoms with Gasteiger partial charge in [0.05, 0.1) is 10.7 Å². The lowest BCUT2D eigenvalue weighted by Gasteiger charge is -2.08. The van der Waals surface area contributed by atoms with Crippen molar-refractivity contribution in [3.8, 4) is 16.3 Å². The molecule has 0 saturated heterocycles. The molecule has 0 aliphatic rings. The van der Waals surface area contributed by atoms with Crippen molar-refractivity contribution in [1.29, 1.82) is 0 Å². The van der Waals surface area contributed by atoms with E-state index in [4.69, 9.17) is 20.8 Å². The van der Waals surface area contributed by atoms with Crippen LogP contribution in [-0.2, 0) is 6.61 Å². The van der Waals surface area contributed by atoms with E-state index in [0.717, 1.165) is 27.2 Å². The number of benzene rings is 1. The highest BCUT2D eigenvalue weighted by Gasteiger charge is 2.11. The van der Waals surface area contributed by atoms with Gasteiger partial charge in [-0.05, 0) is 30.0 Å². The molecule has 4 nitrogen and oxygen atoms in total. The number of thiazole rings is 1. The Balaban J connectivity index is 1.59. The van der Waals surface area contributed by atoms with Crippen LogP contribution >= 0.6 is 34.3 Å². The molecule has 3 aromatic heterocycles. The quantitative estimate of drug-likeness (QED) is 0.431. The molecule has 25 heavy (non-hydrogen) atoms. The summed E-state index contributed by atoms with van der Waals surface area (Å²) in [4.78, 5) is 16.1. The topological polar surface area (TPSA) is 52.3 Å². The Morgan fingerprint density at radius 3 is 2.96 bits per heavy atom. The Labute approximate surface area is 156 Å². The van der Waals surface area contributed by atoms with Gasteiger partial charge in [-0.25, -0.2) is 9.78 Å². The van der Waals surface area contributed by atoms with Gasteiger partial charge in [0.15, 0.2) is 0 Å². The van der Waals surface area contributed by atoms with E-state index in [1.165, 1.54) is 6.07 Å². The van der Waals surface area contributed by atoms with Gasteiger partial charge in [-0.2, -0.15) is 11.3 Å². The molecular formula is C18H12ClNO3S2. The zero-order valence-corrected chi connectivity index (χ0v) is 15.5. The maximum absolute atomic E-state index is 11.5. The van der Waals surface area contributed by atoms with Gasteiger partial charge in [-0.3, -0.25) is 0 Å². The Hall–Kier alpha value is -2.15. The minimum Gasteiger partial charge on any atom is -0.486 e. The summed E-state index contributed by atoms with van der Waals surface area (Å²) < 4.78 is 11.0. The zero-order chi connectivity index (χ0) is 17.4. The first-order valence-electron chi connectivity index (χ1n) is 7.44. The van der Waals surface area contributed by atoms with Gasteiger partial charge < -0.3 is 9.15 Å². The molecule has 0 saturated carbocycles. The van der Waals surface area contributed by atoms with Crippen molar-refractivity contribution in [2.45, 2.75) is 13.5 Å². The standard InChI is InChI=1S/C18H12ClNO3S2/c1-10-4-17(21)23-15-6-16(14(19)5-13(10)15)22-7-12-9-25-18(20-12)11-2-3-24-8-11/h2-6,8-9H,7H2,1H3. The van der Waals surface area contributed by atoms with E-state index in [1.54, 1.807) is 34.8 Å². The van der Waals surface area contributed by atoms with Crippen LogP contribution in [0.4, 0.5) is 0 Å². The van der Waals surface area contributed by atoms with Gasteiger partial charge in [0.1, 0.15) is 22.9 Å². The number of halogens is 1. The molecule has 3 heterocycles. The summed E-state index contributed by atoms with van der Waals surface area (Å²) >= 11 is 9.52. The van der Waals surface area contributed by atoms with E-state index in [2.05, 4.69) is 10.4 Å². The minimum atomic E-state index is -0.391. The summed E-state index contributed by atoms with van der Waals surface area (Å²) in [5.41, 5.74) is 2.83.